The van der Waals surface area contributed by atoms with Gasteiger partial charge in [-0.25, -0.2) is 4.79 Å². The molecule has 0 aromatic heterocycles. The number of fused-ring (bicyclic) bond motifs is 1. The second kappa shape index (κ2) is 4.69. The standard InChI is InChI=1S/C16H19NO4/c1-15(2,3)16(4,5)14(20)21-17-12(18)10-8-6-7-9-11(10)13(17)19/h6-9H,1-5H3. The second-order valence-electron chi connectivity index (χ2n) is 6.70. The van der Waals surface area contributed by atoms with Crippen molar-refractivity contribution in [2.45, 2.75) is 34.6 Å². The summed E-state index contributed by atoms with van der Waals surface area (Å²) in [6, 6.07) is 6.40. The van der Waals surface area contributed by atoms with Gasteiger partial charge in [-0.05, 0) is 31.4 Å². The van der Waals surface area contributed by atoms with Crippen LogP contribution in [0.5, 0.6) is 0 Å². The zero-order valence-electron chi connectivity index (χ0n) is 12.9. The van der Waals surface area contributed by atoms with Crippen molar-refractivity contribution in [1.82, 2.24) is 5.06 Å². The quantitative estimate of drug-likeness (QED) is 0.785. The van der Waals surface area contributed by atoms with Gasteiger partial charge in [-0.3, -0.25) is 9.59 Å². The molecule has 0 bridgehead atoms. The van der Waals surface area contributed by atoms with E-state index in [1.54, 1.807) is 26.0 Å². The van der Waals surface area contributed by atoms with Crippen molar-refractivity contribution >= 4 is 17.8 Å². The first-order chi connectivity index (χ1) is 9.57. The van der Waals surface area contributed by atoms with Gasteiger partial charge in [0.15, 0.2) is 0 Å². The molecule has 0 saturated carbocycles. The van der Waals surface area contributed by atoms with Crippen LogP contribution in [-0.2, 0) is 9.63 Å². The van der Waals surface area contributed by atoms with Crippen LogP contribution in [0.2, 0.25) is 0 Å². The van der Waals surface area contributed by atoms with E-state index in [9.17, 15) is 14.4 Å². The van der Waals surface area contributed by atoms with Crippen molar-refractivity contribution in [2.24, 2.45) is 10.8 Å². The zero-order chi connectivity index (χ0) is 16.0. The van der Waals surface area contributed by atoms with Gasteiger partial charge in [0, 0.05) is 0 Å². The van der Waals surface area contributed by atoms with Crippen molar-refractivity contribution in [3.8, 4) is 0 Å². The maximum atomic E-state index is 12.3. The number of carbonyl (C=O) groups excluding carboxylic acids is 3. The van der Waals surface area contributed by atoms with E-state index in [-0.39, 0.29) is 16.5 Å². The minimum Gasteiger partial charge on any atom is -0.329 e. The molecule has 5 nitrogen and oxygen atoms in total. The lowest BCUT2D eigenvalue weighted by Crippen LogP contribution is -2.43. The summed E-state index contributed by atoms with van der Waals surface area (Å²) >= 11 is 0. The first-order valence-corrected chi connectivity index (χ1v) is 6.77. The van der Waals surface area contributed by atoms with Crippen LogP contribution < -0.4 is 0 Å². The van der Waals surface area contributed by atoms with E-state index in [4.69, 9.17) is 4.84 Å². The van der Waals surface area contributed by atoms with Gasteiger partial charge < -0.3 is 4.84 Å². The normalized spacial score (nSPS) is 15.2. The molecule has 1 heterocycles. The van der Waals surface area contributed by atoms with Gasteiger partial charge in [-0.1, -0.05) is 38.0 Å². The maximum Gasteiger partial charge on any atom is 0.339 e. The summed E-state index contributed by atoms with van der Waals surface area (Å²) in [6.45, 7) is 9.16. The molecule has 0 spiro atoms. The monoisotopic (exact) mass is 289 g/mol. The van der Waals surface area contributed by atoms with Crippen LogP contribution in [0.1, 0.15) is 55.3 Å². The van der Waals surface area contributed by atoms with Crippen molar-refractivity contribution in [3.63, 3.8) is 0 Å². The Morgan fingerprint density at radius 3 is 1.76 bits per heavy atom. The van der Waals surface area contributed by atoms with E-state index in [0.717, 1.165) is 0 Å². The fourth-order valence-corrected chi connectivity index (χ4v) is 1.75. The molecule has 0 unspecified atom stereocenters. The first-order valence-electron chi connectivity index (χ1n) is 6.77. The number of imide groups is 1. The molecule has 1 aliphatic rings. The van der Waals surface area contributed by atoms with E-state index in [0.29, 0.717) is 5.06 Å². The lowest BCUT2D eigenvalue weighted by Gasteiger charge is -2.36. The number of hydroxylamine groups is 2. The molecule has 2 rings (SSSR count). The SMILES string of the molecule is CC(C)(C)C(C)(C)C(=O)ON1C(=O)c2ccccc2C1=O. The number of amides is 2. The predicted octanol–water partition coefficient (Wildman–Crippen LogP) is 2.81. The number of benzene rings is 1. The first kappa shape index (κ1) is 15.2. The Bertz CT molecular complexity index is 590. The van der Waals surface area contributed by atoms with Crippen molar-refractivity contribution in [3.05, 3.63) is 35.4 Å². The molecule has 1 aromatic carbocycles. The average molecular weight is 289 g/mol. The lowest BCUT2D eigenvalue weighted by molar-refractivity contribution is -0.185. The lowest BCUT2D eigenvalue weighted by atomic mass is 9.69. The molecule has 0 fully saturated rings. The summed E-state index contributed by atoms with van der Waals surface area (Å²) in [6.07, 6.45) is 0. The van der Waals surface area contributed by atoms with Crippen molar-refractivity contribution in [1.29, 1.82) is 0 Å². The van der Waals surface area contributed by atoms with Crippen molar-refractivity contribution in [2.75, 3.05) is 0 Å². The molecule has 112 valence electrons. The highest BCUT2D eigenvalue weighted by atomic mass is 16.7. The zero-order valence-corrected chi connectivity index (χ0v) is 12.9. The highest BCUT2D eigenvalue weighted by Gasteiger charge is 2.46. The van der Waals surface area contributed by atoms with E-state index in [1.165, 1.54) is 12.1 Å². The smallest absolute Gasteiger partial charge is 0.329 e. The summed E-state index contributed by atoms with van der Waals surface area (Å²) in [5.74, 6) is -1.81. The molecule has 0 aliphatic carbocycles. The molecular formula is C16H19NO4. The Morgan fingerprint density at radius 2 is 1.38 bits per heavy atom. The number of hydrogen-bond acceptors (Lipinski definition) is 4. The Kier molecular flexibility index (Phi) is 3.40. The molecule has 0 N–H and O–H groups in total. The Balaban J connectivity index is 2.25. The van der Waals surface area contributed by atoms with E-state index < -0.39 is 23.2 Å². The second-order valence-corrected chi connectivity index (χ2v) is 6.70. The Morgan fingerprint density at radius 1 is 0.952 bits per heavy atom. The third kappa shape index (κ3) is 2.33. The number of carbonyl (C=O) groups is 3. The maximum absolute atomic E-state index is 12.3. The molecule has 1 aromatic rings. The molecule has 1 aliphatic heterocycles. The predicted molar refractivity (Wildman–Crippen MR) is 76.3 cm³/mol. The van der Waals surface area contributed by atoms with Gasteiger partial charge in [0.25, 0.3) is 11.8 Å². The van der Waals surface area contributed by atoms with Crippen LogP contribution in [0.25, 0.3) is 0 Å². The Labute approximate surface area is 123 Å². The highest BCUT2D eigenvalue weighted by Crippen LogP contribution is 2.39. The van der Waals surface area contributed by atoms with Crippen LogP contribution in [-0.4, -0.2) is 22.8 Å². The van der Waals surface area contributed by atoms with Crippen LogP contribution in [0.4, 0.5) is 0 Å². The van der Waals surface area contributed by atoms with Gasteiger partial charge in [-0.2, -0.15) is 0 Å². The molecule has 2 amide bonds. The van der Waals surface area contributed by atoms with Gasteiger partial charge in [-0.15, -0.1) is 0 Å². The van der Waals surface area contributed by atoms with E-state index >= 15 is 0 Å². The highest BCUT2D eigenvalue weighted by molar-refractivity contribution is 6.20. The van der Waals surface area contributed by atoms with Crippen LogP contribution in [0, 0.1) is 10.8 Å². The minimum atomic E-state index is -0.845. The van der Waals surface area contributed by atoms with Gasteiger partial charge in [0.05, 0.1) is 16.5 Å². The average Bonchev–Trinajstić information content (AvgIpc) is 2.63. The number of hydrogen-bond donors (Lipinski definition) is 0. The van der Waals surface area contributed by atoms with E-state index in [1.807, 2.05) is 20.8 Å². The molecule has 5 heteroatoms. The fourth-order valence-electron chi connectivity index (χ4n) is 1.75. The van der Waals surface area contributed by atoms with Crippen molar-refractivity contribution < 1.29 is 19.2 Å². The summed E-state index contributed by atoms with van der Waals surface area (Å²) in [5.41, 5.74) is -0.710. The third-order valence-electron chi connectivity index (χ3n) is 4.32. The largest absolute Gasteiger partial charge is 0.339 e. The number of nitrogens with zero attached hydrogens (tertiary/aromatic N) is 1. The summed E-state index contributed by atoms with van der Waals surface area (Å²) in [4.78, 5) is 41.7. The molecule has 21 heavy (non-hydrogen) atoms. The van der Waals surface area contributed by atoms with Gasteiger partial charge in [0.1, 0.15) is 0 Å². The summed E-state index contributed by atoms with van der Waals surface area (Å²) in [7, 11) is 0. The van der Waals surface area contributed by atoms with Gasteiger partial charge in [0.2, 0.25) is 0 Å². The molecular weight excluding hydrogens is 270 g/mol. The molecule has 0 saturated heterocycles. The Hall–Kier alpha value is -2.17. The van der Waals surface area contributed by atoms with Crippen LogP contribution in [0.15, 0.2) is 24.3 Å². The summed E-state index contributed by atoms with van der Waals surface area (Å²) in [5, 5.41) is 0.556. The minimum absolute atomic E-state index is 0.254. The fraction of sp³-hybridized carbons (Fsp3) is 0.438. The topological polar surface area (TPSA) is 63.7 Å². The van der Waals surface area contributed by atoms with Gasteiger partial charge >= 0.3 is 5.97 Å². The summed E-state index contributed by atoms with van der Waals surface area (Å²) < 4.78 is 0. The number of rotatable bonds is 2. The molecule has 0 atom stereocenters. The van der Waals surface area contributed by atoms with E-state index in [2.05, 4.69) is 0 Å². The van der Waals surface area contributed by atoms with Crippen LogP contribution in [0.3, 0.4) is 0 Å². The molecule has 0 radical (unpaired) electrons. The third-order valence-corrected chi connectivity index (χ3v) is 4.32. The van der Waals surface area contributed by atoms with Crippen LogP contribution >= 0.6 is 0 Å².